The Labute approximate surface area is 204 Å². The van der Waals surface area contributed by atoms with E-state index in [-0.39, 0.29) is 17.0 Å². The van der Waals surface area contributed by atoms with E-state index in [0.29, 0.717) is 0 Å². The van der Waals surface area contributed by atoms with Gasteiger partial charge in [0, 0.05) is 60.2 Å². The van der Waals surface area contributed by atoms with Crippen molar-refractivity contribution in [1.29, 1.82) is 0 Å². The second-order valence-corrected chi connectivity index (χ2v) is 7.81. The number of benzene rings is 1. The van der Waals surface area contributed by atoms with Crippen molar-refractivity contribution in [3.63, 3.8) is 0 Å². The molecule has 4 aromatic heterocycles. The molecular formula is C28H24BrN4+. The van der Waals surface area contributed by atoms with Crippen molar-refractivity contribution in [2.75, 3.05) is 0 Å². The van der Waals surface area contributed by atoms with Gasteiger partial charge in [-0.2, -0.15) is 0 Å². The lowest BCUT2D eigenvalue weighted by Crippen LogP contribution is -3.00. The van der Waals surface area contributed by atoms with Gasteiger partial charge in [-0.15, -0.1) is 0 Å². The number of hydrogen-bond donors (Lipinski definition) is 0. The fraction of sp³-hybridized carbons (Fsp3) is 0.0714. The molecule has 33 heavy (non-hydrogen) atoms. The molecule has 0 saturated heterocycles. The number of hydrogen-bond acceptors (Lipinski definition) is 2. The zero-order chi connectivity index (χ0) is 21.6. The van der Waals surface area contributed by atoms with Crippen LogP contribution in [0.25, 0.3) is 22.3 Å². The zero-order valence-electron chi connectivity index (χ0n) is 18.1. The zero-order valence-corrected chi connectivity index (χ0v) is 19.7. The maximum atomic E-state index is 4.09. The van der Waals surface area contributed by atoms with Crippen LogP contribution in [0.4, 0.5) is 0 Å². The summed E-state index contributed by atoms with van der Waals surface area (Å²) < 4.78 is 4.40. The summed E-state index contributed by atoms with van der Waals surface area (Å²) in [5, 5.41) is 0. The average molecular weight is 496 g/mol. The lowest BCUT2D eigenvalue weighted by molar-refractivity contribution is -0.688. The summed E-state index contributed by atoms with van der Waals surface area (Å²) in [4.78, 5) is 8.17. The molecule has 162 valence electrons. The van der Waals surface area contributed by atoms with Gasteiger partial charge in [-0.1, -0.05) is 24.3 Å². The van der Waals surface area contributed by atoms with Gasteiger partial charge in [-0.25, -0.2) is 9.13 Å². The van der Waals surface area contributed by atoms with Crippen molar-refractivity contribution in [2.45, 2.75) is 13.1 Å². The van der Waals surface area contributed by atoms with Crippen molar-refractivity contribution in [2.24, 2.45) is 0 Å². The number of aromatic nitrogens is 4. The minimum Gasteiger partial charge on any atom is -1.00 e. The third-order valence-electron chi connectivity index (χ3n) is 5.56. The molecule has 0 N–H and O–H groups in total. The highest BCUT2D eigenvalue weighted by Gasteiger charge is 2.07. The van der Waals surface area contributed by atoms with Gasteiger partial charge in [0.15, 0.2) is 37.9 Å². The monoisotopic (exact) mass is 495 g/mol. The van der Waals surface area contributed by atoms with Crippen LogP contribution in [0.1, 0.15) is 11.1 Å². The molecule has 1 aromatic carbocycles. The highest BCUT2D eigenvalue weighted by atomic mass is 79.9. The van der Waals surface area contributed by atoms with Crippen LogP contribution in [-0.2, 0) is 13.1 Å². The standard InChI is InChI=1S/C28H24N4.BrH/c1-2-24(22-32-19-11-28(12-20-32)26-7-15-30-16-8-26)4-3-23(1)21-31-17-9-27(10-18-31)25-5-13-29-14-6-25;/h1-20H,21-22H2;1H/q+2;/p-1. The molecule has 0 aliphatic rings. The van der Waals surface area contributed by atoms with Crippen molar-refractivity contribution < 1.29 is 26.1 Å². The molecule has 4 heterocycles. The third kappa shape index (κ3) is 5.76. The van der Waals surface area contributed by atoms with E-state index in [0.717, 1.165) is 13.1 Å². The maximum absolute atomic E-state index is 4.09. The predicted octanol–water partition coefficient (Wildman–Crippen LogP) is 1.49. The molecule has 0 saturated carbocycles. The molecule has 0 aliphatic heterocycles. The second-order valence-electron chi connectivity index (χ2n) is 7.81. The van der Waals surface area contributed by atoms with Gasteiger partial charge in [-0.3, -0.25) is 9.97 Å². The Balaban J connectivity index is 0.00000259. The first kappa shape index (κ1) is 22.5. The molecule has 5 heteroatoms. The van der Waals surface area contributed by atoms with Gasteiger partial charge in [0.2, 0.25) is 0 Å². The van der Waals surface area contributed by atoms with Gasteiger partial charge in [-0.05, 0) is 46.5 Å². The molecule has 0 radical (unpaired) electrons. The molecule has 0 aliphatic carbocycles. The van der Waals surface area contributed by atoms with Crippen LogP contribution < -0.4 is 26.1 Å². The van der Waals surface area contributed by atoms with Crippen LogP contribution in [0.15, 0.2) is 122 Å². The van der Waals surface area contributed by atoms with E-state index in [1.54, 1.807) is 0 Å². The third-order valence-corrected chi connectivity index (χ3v) is 5.56. The molecular weight excluding hydrogens is 472 g/mol. The van der Waals surface area contributed by atoms with Crippen molar-refractivity contribution in [1.82, 2.24) is 9.97 Å². The van der Waals surface area contributed by atoms with E-state index in [4.69, 9.17) is 0 Å². The molecule has 0 fully saturated rings. The minimum atomic E-state index is 0. The molecule has 0 bridgehead atoms. The van der Waals surface area contributed by atoms with Gasteiger partial charge in [0.1, 0.15) is 0 Å². The Kier molecular flexibility index (Phi) is 7.33. The predicted molar refractivity (Wildman–Crippen MR) is 124 cm³/mol. The smallest absolute Gasteiger partial charge is 0.173 e. The Morgan fingerprint density at radius 2 is 0.727 bits per heavy atom. The van der Waals surface area contributed by atoms with Crippen molar-refractivity contribution >= 4 is 0 Å². The van der Waals surface area contributed by atoms with Crippen LogP contribution in [0.2, 0.25) is 0 Å². The average Bonchev–Trinajstić information content (AvgIpc) is 2.87. The SMILES string of the molecule is [Br-].c1cc(-c2cc[n+](Cc3ccc(C[n+]4ccc(-c5ccncc5)cc4)cc3)cc2)ccn1. The van der Waals surface area contributed by atoms with E-state index in [9.17, 15) is 0 Å². The Morgan fingerprint density at radius 3 is 1.06 bits per heavy atom. The number of pyridine rings is 4. The summed E-state index contributed by atoms with van der Waals surface area (Å²) in [6.45, 7) is 1.70. The molecule has 0 spiro atoms. The maximum Gasteiger partial charge on any atom is 0.173 e. The lowest BCUT2D eigenvalue weighted by atomic mass is 10.1. The van der Waals surface area contributed by atoms with Crippen LogP contribution in [0.5, 0.6) is 0 Å². The largest absolute Gasteiger partial charge is 1.00 e. The van der Waals surface area contributed by atoms with Gasteiger partial charge in [0.25, 0.3) is 0 Å². The first-order chi connectivity index (χ1) is 15.8. The molecule has 0 amide bonds. The van der Waals surface area contributed by atoms with Crippen LogP contribution in [0, 0.1) is 0 Å². The highest BCUT2D eigenvalue weighted by Crippen LogP contribution is 2.17. The van der Waals surface area contributed by atoms with Gasteiger partial charge >= 0.3 is 0 Å². The van der Waals surface area contributed by atoms with Crippen molar-refractivity contribution in [3.8, 4) is 22.3 Å². The Hall–Kier alpha value is -3.70. The van der Waals surface area contributed by atoms with E-state index in [1.165, 1.54) is 33.4 Å². The van der Waals surface area contributed by atoms with Crippen molar-refractivity contribution in [3.05, 3.63) is 133 Å². The number of halogens is 1. The summed E-state index contributed by atoms with van der Waals surface area (Å²) >= 11 is 0. The summed E-state index contributed by atoms with van der Waals surface area (Å²) in [7, 11) is 0. The summed E-state index contributed by atoms with van der Waals surface area (Å²) in [6, 6.07) is 25.6. The minimum absolute atomic E-state index is 0. The van der Waals surface area contributed by atoms with E-state index in [1.807, 2.05) is 49.1 Å². The molecule has 5 rings (SSSR count). The van der Waals surface area contributed by atoms with Crippen LogP contribution >= 0.6 is 0 Å². The highest BCUT2D eigenvalue weighted by molar-refractivity contribution is 5.62. The van der Waals surface area contributed by atoms with Gasteiger partial charge in [0.05, 0.1) is 0 Å². The number of nitrogens with zero attached hydrogens (tertiary/aromatic N) is 4. The first-order valence-electron chi connectivity index (χ1n) is 10.7. The summed E-state index contributed by atoms with van der Waals surface area (Å²) in [5.41, 5.74) is 7.34. The van der Waals surface area contributed by atoms with Gasteiger partial charge < -0.3 is 17.0 Å². The molecule has 0 unspecified atom stereocenters. The number of rotatable bonds is 6. The van der Waals surface area contributed by atoms with Crippen LogP contribution in [0.3, 0.4) is 0 Å². The van der Waals surface area contributed by atoms with E-state index < -0.39 is 0 Å². The van der Waals surface area contributed by atoms with Crippen LogP contribution in [-0.4, -0.2) is 9.97 Å². The molecule has 0 atom stereocenters. The summed E-state index contributed by atoms with van der Waals surface area (Å²) in [6.07, 6.45) is 15.8. The fourth-order valence-electron chi connectivity index (χ4n) is 3.77. The van der Waals surface area contributed by atoms with E-state index in [2.05, 4.69) is 92.4 Å². The van der Waals surface area contributed by atoms with E-state index >= 15 is 0 Å². The quantitative estimate of drug-likeness (QED) is 0.334. The second kappa shape index (κ2) is 10.7. The lowest BCUT2D eigenvalue weighted by Gasteiger charge is -2.03. The topological polar surface area (TPSA) is 33.5 Å². The molecule has 4 nitrogen and oxygen atoms in total. The molecule has 5 aromatic rings. The Bertz CT molecular complexity index is 1170. The Morgan fingerprint density at radius 1 is 0.424 bits per heavy atom. The summed E-state index contributed by atoms with van der Waals surface area (Å²) in [5.74, 6) is 0. The normalized spacial score (nSPS) is 10.4. The fourth-order valence-corrected chi connectivity index (χ4v) is 3.77. The first-order valence-corrected chi connectivity index (χ1v) is 10.7.